The summed E-state index contributed by atoms with van der Waals surface area (Å²) in [5.41, 5.74) is 0.362. The van der Waals surface area contributed by atoms with Gasteiger partial charge in [0.05, 0.1) is 11.5 Å². The van der Waals surface area contributed by atoms with E-state index in [-0.39, 0.29) is 23.6 Å². The second-order valence-electron chi connectivity index (χ2n) is 6.08. The number of rotatable bonds is 8. The third-order valence-corrected chi connectivity index (χ3v) is 3.29. The molecule has 9 heteroatoms. The van der Waals surface area contributed by atoms with Gasteiger partial charge >= 0.3 is 5.97 Å². The van der Waals surface area contributed by atoms with Crippen LogP contribution in [0, 0.1) is 23.0 Å². The minimum Gasteiger partial charge on any atom is -0.480 e. The number of benzene rings is 1. The molecule has 136 valence electrons. The van der Waals surface area contributed by atoms with E-state index in [2.05, 4.69) is 10.6 Å². The highest BCUT2D eigenvalue weighted by Gasteiger charge is 2.21. The molecule has 1 rings (SSSR count). The van der Waals surface area contributed by atoms with E-state index in [1.807, 2.05) is 13.8 Å². The van der Waals surface area contributed by atoms with Gasteiger partial charge in [0.15, 0.2) is 0 Å². The van der Waals surface area contributed by atoms with E-state index in [4.69, 9.17) is 5.11 Å². The molecule has 1 aromatic carbocycles. The van der Waals surface area contributed by atoms with Crippen LogP contribution in [0.2, 0.25) is 0 Å². The summed E-state index contributed by atoms with van der Waals surface area (Å²) in [4.78, 5) is 45.2. The minimum absolute atomic E-state index is 0.0523. The van der Waals surface area contributed by atoms with Crippen molar-refractivity contribution in [2.24, 2.45) is 5.92 Å². The number of amides is 2. The molecular weight excluding hydrogens is 330 g/mol. The summed E-state index contributed by atoms with van der Waals surface area (Å²) >= 11 is 0. The zero-order valence-corrected chi connectivity index (χ0v) is 14.2. The molecule has 0 saturated carbocycles. The zero-order valence-electron chi connectivity index (χ0n) is 14.2. The summed E-state index contributed by atoms with van der Waals surface area (Å²) in [6, 6.07) is 2.86. The van der Waals surface area contributed by atoms with Gasteiger partial charge in [-0.1, -0.05) is 13.8 Å². The molecule has 0 saturated heterocycles. The van der Waals surface area contributed by atoms with Crippen molar-refractivity contribution in [3.05, 3.63) is 39.4 Å². The van der Waals surface area contributed by atoms with E-state index in [1.54, 1.807) is 6.92 Å². The van der Waals surface area contributed by atoms with Gasteiger partial charge in [-0.05, 0) is 30.9 Å². The smallest absolute Gasteiger partial charge is 0.326 e. The first-order valence-corrected chi connectivity index (χ1v) is 7.66. The van der Waals surface area contributed by atoms with Crippen molar-refractivity contribution in [2.75, 3.05) is 6.54 Å². The van der Waals surface area contributed by atoms with E-state index in [0.29, 0.717) is 5.56 Å². The lowest BCUT2D eigenvalue weighted by atomic mass is 10.0. The molecule has 25 heavy (non-hydrogen) atoms. The summed E-state index contributed by atoms with van der Waals surface area (Å²) in [5, 5.41) is 24.6. The van der Waals surface area contributed by atoms with E-state index >= 15 is 0 Å². The van der Waals surface area contributed by atoms with Crippen molar-refractivity contribution in [3.8, 4) is 0 Å². The Morgan fingerprint density at radius 3 is 2.40 bits per heavy atom. The van der Waals surface area contributed by atoms with Crippen molar-refractivity contribution in [1.29, 1.82) is 0 Å². The molecule has 0 unspecified atom stereocenters. The predicted molar refractivity (Wildman–Crippen MR) is 89.2 cm³/mol. The second-order valence-corrected chi connectivity index (χ2v) is 6.08. The van der Waals surface area contributed by atoms with Crippen molar-refractivity contribution >= 4 is 23.5 Å². The molecule has 0 bridgehead atoms. The van der Waals surface area contributed by atoms with Crippen LogP contribution in [-0.2, 0) is 9.59 Å². The molecule has 1 aromatic rings. The minimum atomic E-state index is -1.15. The van der Waals surface area contributed by atoms with Crippen LogP contribution in [0.25, 0.3) is 0 Å². The number of nitro groups is 1. The Hall–Kier alpha value is -2.97. The van der Waals surface area contributed by atoms with Crippen LogP contribution in [0.1, 0.15) is 36.2 Å². The van der Waals surface area contributed by atoms with Gasteiger partial charge < -0.3 is 15.7 Å². The number of aliphatic carboxylic acids is 1. The van der Waals surface area contributed by atoms with Gasteiger partial charge in [0.2, 0.25) is 5.91 Å². The number of aryl methyl sites for hydroxylation is 1. The van der Waals surface area contributed by atoms with E-state index in [0.717, 1.165) is 6.07 Å². The molecule has 1 atom stereocenters. The highest BCUT2D eigenvalue weighted by atomic mass is 16.6. The van der Waals surface area contributed by atoms with E-state index in [9.17, 15) is 24.5 Å². The van der Waals surface area contributed by atoms with Crippen molar-refractivity contribution in [3.63, 3.8) is 0 Å². The average Bonchev–Trinajstić information content (AvgIpc) is 2.50. The van der Waals surface area contributed by atoms with Gasteiger partial charge in [0.1, 0.15) is 6.04 Å². The van der Waals surface area contributed by atoms with E-state index in [1.165, 1.54) is 12.1 Å². The topological polar surface area (TPSA) is 139 Å². The highest BCUT2D eigenvalue weighted by molar-refractivity contribution is 5.97. The van der Waals surface area contributed by atoms with E-state index < -0.39 is 35.3 Å². The highest BCUT2D eigenvalue weighted by Crippen LogP contribution is 2.16. The lowest BCUT2D eigenvalue weighted by molar-refractivity contribution is -0.384. The number of carbonyl (C=O) groups excluding carboxylic acids is 2. The Kier molecular flexibility index (Phi) is 7.04. The molecule has 0 aliphatic rings. The Bertz CT molecular complexity index is 686. The third kappa shape index (κ3) is 6.58. The van der Waals surface area contributed by atoms with Crippen molar-refractivity contribution in [1.82, 2.24) is 10.6 Å². The van der Waals surface area contributed by atoms with Gasteiger partial charge in [0, 0.05) is 17.7 Å². The molecular formula is C16H21N3O6. The summed E-state index contributed by atoms with van der Waals surface area (Å²) in [7, 11) is 0. The quantitative estimate of drug-likeness (QED) is 0.476. The summed E-state index contributed by atoms with van der Waals surface area (Å²) in [6.45, 7) is 4.84. The molecule has 0 aliphatic heterocycles. The first kappa shape index (κ1) is 20.1. The number of carboxylic acid groups (broad SMARTS) is 1. The van der Waals surface area contributed by atoms with Gasteiger partial charge in [-0.3, -0.25) is 19.7 Å². The molecule has 9 nitrogen and oxygen atoms in total. The first-order valence-electron chi connectivity index (χ1n) is 7.66. The number of non-ortho nitro benzene ring substituents is 1. The number of carboxylic acids is 1. The lowest BCUT2D eigenvalue weighted by Gasteiger charge is -2.16. The van der Waals surface area contributed by atoms with Crippen molar-refractivity contribution < 1.29 is 24.4 Å². The fraction of sp³-hybridized carbons (Fsp3) is 0.438. The maximum absolute atomic E-state index is 12.0. The predicted octanol–water partition coefficient (Wildman–Crippen LogP) is 1.25. The zero-order chi connectivity index (χ0) is 19.1. The second kappa shape index (κ2) is 8.76. The largest absolute Gasteiger partial charge is 0.480 e. The first-order chi connectivity index (χ1) is 11.6. The number of carbonyl (C=O) groups is 3. The number of nitrogens with one attached hydrogen (secondary N) is 2. The van der Waals surface area contributed by atoms with Crippen LogP contribution in [0.5, 0.6) is 0 Å². The van der Waals surface area contributed by atoms with Crippen LogP contribution in [-0.4, -0.2) is 40.4 Å². The number of hydrogen-bond donors (Lipinski definition) is 3. The van der Waals surface area contributed by atoms with Gasteiger partial charge in [-0.25, -0.2) is 4.79 Å². The van der Waals surface area contributed by atoms with Crippen LogP contribution in [0.15, 0.2) is 18.2 Å². The van der Waals surface area contributed by atoms with Crippen LogP contribution < -0.4 is 10.6 Å². The standard InChI is InChI=1S/C16H21N3O6/c1-9(2)4-13(16(22)23)18-14(20)8-17-15(21)11-5-10(3)6-12(7-11)19(24)25/h5-7,9,13H,4,8H2,1-3H3,(H,17,21)(H,18,20)(H,22,23)/t13-/m0/s1. The fourth-order valence-corrected chi connectivity index (χ4v) is 2.20. The molecule has 2 amide bonds. The fourth-order valence-electron chi connectivity index (χ4n) is 2.20. The SMILES string of the molecule is Cc1cc(C(=O)NCC(=O)N[C@@H](CC(C)C)C(=O)O)cc([N+](=O)[O-])c1. The monoisotopic (exact) mass is 351 g/mol. The molecule has 0 aliphatic carbocycles. The number of nitrogens with zero attached hydrogens (tertiary/aromatic N) is 1. The molecule has 0 spiro atoms. The molecule has 0 aromatic heterocycles. The number of nitro benzene ring substituents is 1. The Balaban J connectivity index is 2.68. The summed E-state index contributed by atoms with van der Waals surface area (Å²) < 4.78 is 0. The van der Waals surface area contributed by atoms with Crippen LogP contribution >= 0.6 is 0 Å². The van der Waals surface area contributed by atoms with Gasteiger partial charge in [0.25, 0.3) is 11.6 Å². The molecule has 0 fully saturated rings. The molecule has 3 N–H and O–H groups in total. The van der Waals surface area contributed by atoms with Gasteiger partial charge in [-0.2, -0.15) is 0 Å². The van der Waals surface area contributed by atoms with Gasteiger partial charge in [-0.15, -0.1) is 0 Å². The molecule has 0 radical (unpaired) electrons. The average molecular weight is 351 g/mol. The van der Waals surface area contributed by atoms with Crippen LogP contribution in [0.3, 0.4) is 0 Å². The Morgan fingerprint density at radius 1 is 1.24 bits per heavy atom. The third-order valence-electron chi connectivity index (χ3n) is 3.29. The number of hydrogen-bond acceptors (Lipinski definition) is 5. The lowest BCUT2D eigenvalue weighted by Crippen LogP contribution is -2.46. The summed E-state index contributed by atoms with van der Waals surface area (Å²) in [6.07, 6.45) is 0.263. The maximum Gasteiger partial charge on any atom is 0.326 e. The van der Waals surface area contributed by atoms with Crippen molar-refractivity contribution in [2.45, 2.75) is 33.2 Å². The van der Waals surface area contributed by atoms with Crippen LogP contribution in [0.4, 0.5) is 5.69 Å². The maximum atomic E-state index is 12.0. The Morgan fingerprint density at radius 2 is 1.88 bits per heavy atom. The molecule has 0 heterocycles. The summed E-state index contributed by atoms with van der Waals surface area (Å²) in [5.74, 6) is -2.38. The normalized spacial score (nSPS) is 11.7. The Labute approximate surface area is 144 Å².